The SMILES string of the molecule is O=C(O)c1ccc(C2(c3nc4c(s3)CNCC4)CC2)cc1. The molecule has 0 bridgehead atoms. The van der Waals surface area contributed by atoms with E-state index in [1.165, 1.54) is 21.1 Å². The Morgan fingerprint density at radius 1 is 1.29 bits per heavy atom. The molecule has 0 saturated heterocycles. The zero-order valence-corrected chi connectivity index (χ0v) is 12.4. The Kier molecular flexibility index (Phi) is 2.87. The Morgan fingerprint density at radius 3 is 2.67 bits per heavy atom. The zero-order chi connectivity index (χ0) is 14.4. The molecule has 0 radical (unpaired) electrons. The molecule has 1 aromatic carbocycles. The number of rotatable bonds is 3. The summed E-state index contributed by atoms with van der Waals surface area (Å²) in [6.45, 7) is 1.94. The first-order valence-corrected chi connectivity index (χ1v) is 8.04. The number of fused-ring (bicyclic) bond motifs is 1. The molecular weight excluding hydrogens is 284 g/mol. The molecule has 5 heteroatoms. The first-order valence-electron chi connectivity index (χ1n) is 7.23. The summed E-state index contributed by atoms with van der Waals surface area (Å²) in [5, 5.41) is 13.6. The smallest absolute Gasteiger partial charge is 0.335 e. The third kappa shape index (κ3) is 2.08. The minimum Gasteiger partial charge on any atom is -0.478 e. The van der Waals surface area contributed by atoms with Gasteiger partial charge in [-0.15, -0.1) is 11.3 Å². The average Bonchev–Trinajstić information content (AvgIpc) is 3.20. The fraction of sp³-hybridized carbons (Fsp3) is 0.375. The number of thiazole rings is 1. The van der Waals surface area contributed by atoms with Crippen LogP contribution in [0.5, 0.6) is 0 Å². The Labute approximate surface area is 126 Å². The van der Waals surface area contributed by atoms with Gasteiger partial charge in [-0.05, 0) is 30.5 Å². The Hall–Kier alpha value is -1.72. The van der Waals surface area contributed by atoms with Gasteiger partial charge in [0.15, 0.2) is 0 Å². The standard InChI is InChI=1S/C16H16N2O2S/c19-14(20)10-1-3-11(4-2-10)16(6-7-16)15-18-12-5-8-17-9-13(12)21-15/h1-4,17H,5-9H2,(H,19,20). The van der Waals surface area contributed by atoms with Crippen molar-refractivity contribution in [3.8, 4) is 0 Å². The second-order valence-corrected chi connectivity index (χ2v) is 6.86. The summed E-state index contributed by atoms with van der Waals surface area (Å²) < 4.78 is 0. The van der Waals surface area contributed by atoms with Crippen LogP contribution in [0.3, 0.4) is 0 Å². The fourth-order valence-corrected chi connectivity index (χ4v) is 4.36. The van der Waals surface area contributed by atoms with Gasteiger partial charge in [0.1, 0.15) is 5.01 Å². The van der Waals surface area contributed by atoms with E-state index in [2.05, 4.69) is 5.32 Å². The van der Waals surface area contributed by atoms with Crippen LogP contribution in [0.25, 0.3) is 0 Å². The fourth-order valence-electron chi connectivity index (χ4n) is 3.01. The van der Waals surface area contributed by atoms with Crippen molar-refractivity contribution in [3.63, 3.8) is 0 Å². The molecule has 2 N–H and O–H groups in total. The number of carbonyl (C=O) groups is 1. The Balaban J connectivity index is 1.70. The van der Waals surface area contributed by atoms with Crippen LogP contribution in [0, 0.1) is 0 Å². The average molecular weight is 300 g/mol. The van der Waals surface area contributed by atoms with Crippen molar-refractivity contribution in [1.29, 1.82) is 0 Å². The molecule has 1 aromatic heterocycles. The third-order valence-electron chi connectivity index (χ3n) is 4.45. The highest BCUT2D eigenvalue weighted by Crippen LogP contribution is 2.55. The van der Waals surface area contributed by atoms with E-state index in [0.717, 1.165) is 32.4 Å². The number of carboxylic acids is 1. The number of aromatic carboxylic acids is 1. The lowest BCUT2D eigenvalue weighted by Crippen LogP contribution is -2.22. The van der Waals surface area contributed by atoms with Crippen LogP contribution in [-0.2, 0) is 18.4 Å². The molecule has 1 aliphatic heterocycles. The maximum absolute atomic E-state index is 11.0. The first kappa shape index (κ1) is 13.0. The quantitative estimate of drug-likeness (QED) is 0.914. The van der Waals surface area contributed by atoms with Crippen molar-refractivity contribution >= 4 is 17.3 Å². The number of carboxylic acid groups (broad SMARTS) is 1. The van der Waals surface area contributed by atoms with Gasteiger partial charge in [-0.2, -0.15) is 0 Å². The third-order valence-corrected chi connectivity index (χ3v) is 5.75. The number of hydrogen-bond acceptors (Lipinski definition) is 4. The minimum absolute atomic E-state index is 0.0407. The van der Waals surface area contributed by atoms with Gasteiger partial charge >= 0.3 is 5.97 Å². The Bertz CT molecular complexity index is 678. The maximum atomic E-state index is 11.0. The molecule has 4 rings (SSSR count). The Morgan fingerprint density at radius 2 is 2.05 bits per heavy atom. The van der Waals surface area contributed by atoms with E-state index in [9.17, 15) is 4.79 Å². The predicted octanol–water partition coefficient (Wildman–Crippen LogP) is 2.57. The van der Waals surface area contributed by atoms with Crippen molar-refractivity contribution in [2.45, 2.75) is 31.2 Å². The molecule has 2 aliphatic rings. The van der Waals surface area contributed by atoms with Crippen LogP contribution in [-0.4, -0.2) is 22.6 Å². The molecule has 2 aromatic rings. The van der Waals surface area contributed by atoms with E-state index >= 15 is 0 Å². The van der Waals surface area contributed by atoms with Crippen LogP contribution in [0.4, 0.5) is 0 Å². The van der Waals surface area contributed by atoms with Gasteiger partial charge in [0.25, 0.3) is 0 Å². The lowest BCUT2D eigenvalue weighted by Gasteiger charge is -2.12. The molecule has 0 atom stereocenters. The highest BCUT2D eigenvalue weighted by molar-refractivity contribution is 7.12. The molecule has 1 fully saturated rings. The molecule has 1 saturated carbocycles. The number of nitrogens with zero attached hydrogens (tertiary/aromatic N) is 1. The van der Waals surface area contributed by atoms with Crippen LogP contribution in [0.1, 0.15) is 44.3 Å². The van der Waals surface area contributed by atoms with Crippen LogP contribution in [0.2, 0.25) is 0 Å². The van der Waals surface area contributed by atoms with Crippen LogP contribution < -0.4 is 5.32 Å². The summed E-state index contributed by atoms with van der Waals surface area (Å²) in [5.74, 6) is -0.873. The summed E-state index contributed by atoms with van der Waals surface area (Å²) in [6.07, 6.45) is 3.23. The van der Waals surface area contributed by atoms with Crippen molar-refractivity contribution in [2.75, 3.05) is 6.54 Å². The van der Waals surface area contributed by atoms with Crippen molar-refractivity contribution in [1.82, 2.24) is 10.3 Å². The van der Waals surface area contributed by atoms with E-state index in [0.29, 0.717) is 5.56 Å². The van der Waals surface area contributed by atoms with Gasteiger partial charge in [-0.1, -0.05) is 12.1 Å². The second-order valence-electron chi connectivity index (χ2n) is 5.78. The van der Waals surface area contributed by atoms with Gasteiger partial charge in [-0.25, -0.2) is 9.78 Å². The summed E-state index contributed by atoms with van der Waals surface area (Å²) in [4.78, 5) is 17.2. The van der Waals surface area contributed by atoms with Gasteiger partial charge in [0, 0.05) is 29.8 Å². The molecule has 2 heterocycles. The highest BCUT2D eigenvalue weighted by Gasteiger charge is 2.48. The van der Waals surface area contributed by atoms with E-state index in [1.54, 1.807) is 12.1 Å². The first-order chi connectivity index (χ1) is 10.2. The van der Waals surface area contributed by atoms with Crippen LogP contribution >= 0.6 is 11.3 Å². The number of nitrogens with one attached hydrogen (secondary N) is 1. The second kappa shape index (κ2) is 4.64. The normalized spacial score (nSPS) is 19.0. The highest BCUT2D eigenvalue weighted by atomic mass is 32.1. The minimum atomic E-state index is -0.873. The summed E-state index contributed by atoms with van der Waals surface area (Å²) in [5.41, 5.74) is 2.84. The van der Waals surface area contributed by atoms with Crippen LogP contribution in [0.15, 0.2) is 24.3 Å². The van der Waals surface area contributed by atoms with E-state index < -0.39 is 5.97 Å². The largest absolute Gasteiger partial charge is 0.478 e. The molecule has 1 aliphatic carbocycles. The lowest BCUT2D eigenvalue weighted by molar-refractivity contribution is 0.0697. The number of aromatic nitrogens is 1. The maximum Gasteiger partial charge on any atom is 0.335 e. The van der Waals surface area contributed by atoms with E-state index in [-0.39, 0.29) is 5.41 Å². The summed E-state index contributed by atoms with van der Waals surface area (Å²) >= 11 is 1.82. The van der Waals surface area contributed by atoms with Gasteiger partial charge in [0.05, 0.1) is 11.3 Å². The van der Waals surface area contributed by atoms with Crippen molar-refractivity contribution in [2.24, 2.45) is 0 Å². The molecule has 0 spiro atoms. The van der Waals surface area contributed by atoms with E-state index in [4.69, 9.17) is 10.1 Å². The summed E-state index contributed by atoms with van der Waals surface area (Å²) in [7, 11) is 0. The van der Waals surface area contributed by atoms with E-state index in [1.807, 2.05) is 23.5 Å². The lowest BCUT2D eigenvalue weighted by atomic mass is 9.95. The molecular formula is C16H16N2O2S. The number of benzene rings is 1. The topological polar surface area (TPSA) is 62.2 Å². The number of hydrogen-bond donors (Lipinski definition) is 2. The van der Waals surface area contributed by atoms with Crippen molar-refractivity contribution < 1.29 is 9.90 Å². The molecule has 108 valence electrons. The zero-order valence-electron chi connectivity index (χ0n) is 11.6. The summed E-state index contributed by atoms with van der Waals surface area (Å²) in [6, 6.07) is 7.31. The van der Waals surface area contributed by atoms with Gasteiger partial charge < -0.3 is 10.4 Å². The molecule has 0 unspecified atom stereocenters. The molecule has 0 amide bonds. The molecule has 21 heavy (non-hydrogen) atoms. The van der Waals surface area contributed by atoms with Crippen molar-refractivity contribution in [3.05, 3.63) is 51.0 Å². The van der Waals surface area contributed by atoms with Gasteiger partial charge in [0.2, 0.25) is 0 Å². The van der Waals surface area contributed by atoms with Gasteiger partial charge in [-0.3, -0.25) is 0 Å². The monoisotopic (exact) mass is 300 g/mol. The predicted molar refractivity (Wildman–Crippen MR) is 80.9 cm³/mol. The molecule has 4 nitrogen and oxygen atoms in total.